The van der Waals surface area contributed by atoms with Gasteiger partial charge in [-0.1, -0.05) is 5.21 Å². The van der Waals surface area contributed by atoms with Crippen LogP contribution in [0.25, 0.3) is 0 Å². The normalized spacial score (nSPS) is 19.0. The lowest BCUT2D eigenvalue weighted by molar-refractivity contribution is -0.143. The fourth-order valence-corrected chi connectivity index (χ4v) is 2.24. The number of rotatable bonds is 5. The van der Waals surface area contributed by atoms with Gasteiger partial charge in [0.1, 0.15) is 5.69 Å². The number of aliphatic carboxylic acids is 1. The maximum absolute atomic E-state index is 11.5. The van der Waals surface area contributed by atoms with Crippen molar-refractivity contribution in [2.45, 2.75) is 19.0 Å². The Balaban J connectivity index is 2.15. The van der Waals surface area contributed by atoms with Crippen LogP contribution < -0.4 is 5.32 Å². The Bertz CT molecular complexity index is 414. The molecule has 19 heavy (non-hydrogen) atoms. The van der Waals surface area contributed by atoms with E-state index in [0.717, 1.165) is 26.1 Å². The van der Waals surface area contributed by atoms with Gasteiger partial charge in [-0.25, -0.2) is 4.68 Å². The van der Waals surface area contributed by atoms with Gasteiger partial charge in [0.15, 0.2) is 6.04 Å². The molecule has 1 fully saturated rings. The first-order valence-corrected chi connectivity index (χ1v) is 6.41. The number of hydrogen-bond acceptors (Lipinski definition) is 6. The van der Waals surface area contributed by atoms with E-state index < -0.39 is 12.0 Å². The van der Waals surface area contributed by atoms with Crippen LogP contribution in [0, 0.1) is 0 Å². The van der Waals surface area contributed by atoms with Crippen LogP contribution in [0.2, 0.25) is 0 Å². The van der Waals surface area contributed by atoms with Gasteiger partial charge >= 0.3 is 5.97 Å². The smallest absolute Gasteiger partial charge is 0.327 e. The quantitative estimate of drug-likeness (QED) is 0.610. The fraction of sp³-hybridized carbons (Fsp3) is 0.727. The van der Waals surface area contributed by atoms with Crippen LogP contribution in [0.1, 0.15) is 18.2 Å². The van der Waals surface area contributed by atoms with Crippen LogP contribution in [-0.2, 0) is 11.3 Å². The summed E-state index contributed by atoms with van der Waals surface area (Å²) >= 11 is 0. The summed E-state index contributed by atoms with van der Waals surface area (Å²) in [5, 5.41) is 29.2. The maximum atomic E-state index is 11.5. The SMILES string of the molecule is O=C(O)C(c1cn(CCO)nn1)N1CCCNCC1. The molecule has 0 aliphatic carbocycles. The van der Waals surface area contributed by atoms with Crippen LogP contribution in [0.15, 0.2) is 6.20 Å². The third-order valence-corrected chi connectivity index (χ3v) is 3.14. The Kier molecular flexibility index (Phi) is 4.83. The maximum Gasteiger partial charge on any atom is 0.327 e. The molecule has 3 N–H and O–H groups in total. The Morgan fingerprint density at radius 3 is 3.05 bits per heavy atom. The highest BCUT2D eigenvalue weighted by Crippen LogP contribution is 2.19. The first-order valence-electron chi connectivity index (χ1n) is 6.41. The topological polar surface area (TPSA) is 104 Å². The summed E-state index contributed by atoms with van der Waals surface area (Å²) in [6.45, 7) is 3.34. The minimum atomic E-state index is -0.919. The molecule has 8 heteroatoms. The van der Waals surface area contributed by atoms with Crippen LogP contribution in [0.5, 0.6) is 0 Å². The highest BCUT2D eigenvalue weighted by molar-refractivity contribution is 5.74. The van der Waals surface area contributed by atoms with Crippen molar-refractivity contribution in [3.05, 3.63) is 11.9 Å². The molecule has 0 spiro atoms. The number of nitrogens with zero attached hydrogens (tertiary/aromatic N) is 4. The molecule has 1 saturated heterocycles. The van der Waals surface area contributed by atoms with Crippen LogP contribution in [-0.4, -0.2) is 68.9 Å². The highest BCUT2D eigenvalue weighted by Gasteiger charge is 2.30. The van der Waals surface area contributed by atoms with Crippen molar-refractivity contribution >= 4 is 5.97 Å². The molecule has 0 radical (unpaired) electrons. The van der Waals surface area contributed by atoms with Crippen molar-refractivity contribution in [2.24, 2.45) is 0 Å². The second-order valence-corrected chi connectivity index (χ2v) is 4.51. The second-order valence-electron chi connectivity index (χ2n) is 4.51. The third kappa shape index (κ3) is 3.49. The zero-order valence-electron chi connectivity index (χ0n) is 10.7. The molecule has 1 aliphatic rings. The van der Waals surface area contributed by atoms with Gasteiger partial charge in [-0.05, 0) is 13.0 Å². The predicted octanol–water partition coefficient (Wildman–Crippen LogP) is -1.31. The number of carboxylic acid groups (broad SMARTS) is 1. The van der Waals surface area contributed by atoms with E-state index in [1.54, 1.807) is 6.20 Å². The molecule has 1 atom stereocenters. The van der Waals surface area contributed by atoms with Gasteiger partial charge in [0.25, 0.3) is 0 Å². The molecular formula is C11H19N5O3. The van der Waals surface area contributed by atoms with Crippen molar-refractivity contribution in [2.75, 3.05) is 32.8 Å². The third-order valence-electron chi connectivity index (χ3n) is 3.14. The zero-order valence-corrected chi connectivity index (χ0v) is 10.7. The van der Waals surface area contributed by atoms with E-state index in [4.69, 9.17) is 5.11 Å². The molecule has 0 amide bonds. The molecular weight excluding hydrogens is 250 g/mol. The Labute approximate surface area is 111 Å². The van der Waals surface area contributed by atoms with Crippen molar-refractivity contribution < 1.29 is 15.0 Å². The fourth-order valence-electron chi connectivity index (χ4n) is 2.24. The number of nitrogens with one attached hydrogen (secondary N) is 1. The highest BCUT2D eigenvalue weighted by atomic mass is 16.4. The summed E-state index contributed by atoms with van der Waals surface area (Å²) < 4.78 is 1.46. The van der Waals surface area contributed by atoms with E-state index in [-0.39, 0.29) is 6.61 Å². The molecule has 2 heterocycles. The standard InChI is InChI=1S/C11H19N5O3/c17-7-6-16-8-9(13-14-16)10(11(18)19)15-4-1-2-12-3-5-15/h8,10,12,17H,1-7H2,(H,18,19). The van der Waals surface area contributed by atoms with E-state index >= 15 is 0 Å². The lowest BCUT2D eigenvalue weighted by atomic mass is 10.2. The minimum absolute atomic E-state index is 0.0474. The lowest BCUT2D eigenvalue weighted by Crippen LogP contribution is -2.36. The molecule has 2 rings (SSSR count). The van der Waals surface area contributed by atoms with E-state index in [0.29, 0.717) is 18.8 Å². The first-order chi connectivity index (χ1) is 9.22. The molecule has 1 aliphatic heterocycles. The molecule has 8 nitrogen and oxygen atoms in total. The van der Waals surface area contributed by atoms with Gasteiger partial charge in [0, 0.05) is 19.6 Å². The van der Waals surface area contributed by atoms with Gasteiger partial charge in [-0.15, -0.1) is 5.10 Å². The number of carbonyl (C=O) groups is 1. The molecule has 1 unspecified atom stereocenters. The largest absolute Gasteiger partial charge is 0.480 e. The first kappa shape index (κ1) is 13.9. The van der Waals surface area contributed by atoms with E-state index in [2.05, 4.69) is 15.6 Å². The molecule has 1 aromatic heterocycles. The van der Waals surface area contributed by atoms with Crippen molar-refractivity contribution in [1.29, 1.82) is 0 Å². The summed E-state index contributed by atoms with van der Waals surface area (Å²) in [5.41, 5.74) is 0.419. The summed E-state index contributed by atoms with van der Waals surface area (Å²) in [6, 6.07) is -0.771. The zero-order chi connectivity index (χ0) is 13.7. The predicted molar refractivity (Wildman–Crippen MR) is 66.5 cm³/mol. The number of carboxylic acids is 1. The molecule has 106 valence electrons. The Hall–Kier alpha value is -1.51. The number of aromatic nitrogens is 3. The van der Waals surface area contributed by atoms with E-state index in [1.807, 2.05) is 4.90 Å². The number of aliphatic hydroxyl groups is 1. The van der Waals surface area contributed by atoms with Crippen molar-refractivity contribution in [1.82, 2.24) is 25.2 Å². The molecule has 0 bridgehead atoms. The van der Waals surface area contributed by atoms with Crippen LogP contribution in [0.4, 0.5) is 0 Å². The summed E-state index contributed by atoms with van der Waals surface area (Å²) in [7, 11) is 0. The van der Waals surface area contributed by atoms with E-state index in [9.17, 15) is 9.90 Å². The van der Waals surface area contributed by atoms with Gasteiger partial charge in [0.2, 0.25) is 0 Å². The Morgan fingerprint density at radius 2 is 2.32 bits per heavy atom. The van der Waals surface area contributed by atoms with Crippen molar-refractivity contribution in [3.8, 4) is 0 Å². The number of aliphatic hydroxyl groups excluding tert-OH is 1. The second kappa shape index (κ2) is 6.60. The van der Waals surface area contributed by atoms with Crippen molar-refractivity contribution in [3.63, 3.8) is 0 Å². The average molecular weight is 269 g/mol. The van der Waals surface area contributed by atoms with Gasteiger partial charge in [0.05, 0.1) is 19.3 Å². The Morgan fingerprint density at radius 1 is 1.47 bits per heavy atom. The number of hydrogen-bond donors (Lipinski definition) is 3. The summed E-state index contributed by atoms with van der Waals surface area (Å²) in [4.78, 5) is 13.4. The van der Waals surface area contributed by atoms with E-state index in [1.165, 1.54) is 4.68 Å². The molecule has 0 aromatic carbocycles. The van der Waals surface area contributed by atoms with Crippen LogP contribution in [0.3, 0.4) is 0 Å². The minimum Gasteiger partial charge on any atom is -0.480 e. The summed E-state index contributed by atoms with van der Waals surface area (Å²) in [5.74, 6) is -0.919. The lowest BCUT2D eigenvalue weighted by Gasteiger charge is -2.25. The average Bonchev–Trinajstić information content (AvgIpc) is 2.65. The summed E-state index contributed by atoms with van der Waals surface area (Å²) in [6.07, 6.45) is 2.50. The van der Waals surface area contributed by atoms with Gasteiger partial charge < -0.3 is 15.5 Å². The van der Waals surface area contributed by atoms with Crippen LogP contribution >= 0.6 is 0 Å². The van der Waals surface area contributed by atoms with Gasteiger partial charge in [-0.2, -0.15) is 0 Å². The monoisotopic (exact) mass is 269 g/mol. The molecule has 0 saturated carbocycles. The molecule has 1 aromatic rings. The van der Waals surface area contributed by atoms with Gasteiger partial charge in [-0.3, -0.25) is 9.69 Å².